The molecule has 0 rings (SSSR count). The Morgan fingerprint density at radius 2 is 0.889 bits per heavy atom. The van der Waals surface area contributed by atoms with Crippen LogP contribution in [0.25, 0.3) is 0 Å². The Morgan fingerprint density at radius 3 is 1.06 bits per heavy atom. The van der Waals surface area contributed by atoms with Crippen LogP contribution in [0.1, 0.15) is 80.1 Å². The van der Waals surface area contributed by atoms with E-state index in [-0.39, 0.29) is 11.2 Å². The van der Waals surface area contributed by atoms with E-state index in [0.717, 1.165) is 38.5 Å². The van der Waals surface area contributed by atoms with Crippen molar-refractivity contribution in [1.29, 1.82) is 0 Å². The van der Waals surface area contributed by atoms with Gasteiger partial charge in [-0.25, -0.2) is 0 Å². The standard InChI is InChI=1S/C14H30O3Si/c1-7-13(8-2,9-3)16-18(15)17-14(10-4,11-5)12-6/h7-12H2,1-6H3. The average molecular weight is 274 g/mol. The molecule has 0 spiro atoms. The van der Waals surface area contributed by atoms with Gasteiger partial charge in [0.15, 0.2) is 0 Å². The normalized spacial score (nSPS) is 12.3. The summed E-state index contributed by atoms with van der Waals surface area (Å²) in [4.78, 5) is 0. The molecule has 0 fully saturated rings. The van der Waals surface area contributed by atoms with Crippen molar-refractivity contribution < 1.29 is 13.3 Å². The summed E-state index contributed by atoms with van der Waals surface area (Å²) in [6.45, 7) is 12.5. The molecular weight excluding hydrogens is 244 g/mol. The summed E-state index contributed by atoms with van der Waals surface area (Å²) >= 11 is 0. The van der Waals surface area contributed by atoms with Crippen molar-refractivity contribution in [1.82, 2.24) is 0 Å². The van der Waals surface area contributed by atoms with Crippen LogP contribution in [0.5, 0.6) is 0 Å². The van der Waals surface area contributed by atoms with Gasteiger partial charge in [-0.05, 0) is 38.5 Å². The molecule has 0 amide bonds. The van der Waals surface area contributed by atoms with Crippen molar-refractivity contribution in [2.24, 2.45) is 0 Å². The van der Waals surface area contributed by atoms with Crippen molar-refractivity contribution >= 4 is 9.17 Å². The maximum atomic E-state index is 12.2. The highest BCUT2D eigenvalue weighted by molar-refractivity contribution is 6.26. The van der Waals surface area contributed by atoms with E-state index in [9.17, 15) is 4.46 Å². The van der Waals surface area contributed by atoms with Gasteiger partial charge in [-0.15, -0.1) is 0 Å². The van der Waals surface area contributed by atoms with E-state index >= 15 is 0 Å². The molecule has 0 aliphatic carbocycles. The first-order chi connectivity index (χ1) is 8.46. The van der Waals surface area contributed by atoms with Crippen molar-refractivity contribution in [3.8, 4) is 0 Å². The van der Waals surface area contributed by atoms with Gasteiger partial charge in [0.2, 0.25) is 0 Å². The van der Waals surface area contributed by atoms with Gasteiger partial charge in [-0.3, -0.25) is 4.46 Å². The predicted octanol–water partition coefficient (Wildman–Crippen LogP) is 4.37. The Bertz CT molecular complexity index is 205. The maximum Gasteiger partial charge on any atom is 0.768 e. The zero-order valence-corrected chi connectivity index (χ0v) is 14.0. The smallest absolute Gasteiger partial charge is 0.491 e. The Labute approximate surface area is 114 Å². The third-order valence-electron chi connectivity index (χ3n) is 4.47. The van der Waals surface area contributed by atoms with Crippen LogP contribution in [-0.2, 0) is 13.3 Å². The van der Waals surface area contributed by atoms with E-state index in [1.165, 1.54) is 0 Å². The molecule has 0 aliphatic rings. The monoisotopic (exact) mass is 274 g/mol. The van der Waals surface area contributed by atoms with Gasteiger partial charge < -0.3 is 8.85 Å². The van der Waals surface area contributed by atoms with Crippen LogP contribution in [0.15, 0.2) is 0 Å². The van der Waals surface area contributed by atoms with E-state index in [2.05, 4.69) is 41.5 Å². The summed E-state index contributed by atoms with van der Waals surface area (Å²) in [6, 6.07) is 0. The second-order valence-corrected chi connectivity index (χ2v) is 5.85. The maximum absolute atomic E-state index is 12.2. The first kappa shape index (κ1) is 17.6. The third kappa shape index (κ3) is 4.37. The summed E-state index contributed by atoms with van der Waals surface area (Å²) in [5, 5.41) is 0. The molecule has 3 nitrogen and oxygen atoms in total. The lowest BCUT2D eigenvalue weighted by Gasteiger charge is -2.35. The topological polar surface area (TPSA) is 35.5 Å². The summed E-state index contributed by atoms with van der Waals surface area (Å²) in [5.41, 5.74) is -0.561. The average Bonchev–Trinajstić information content (AvgIpc) is 2.42. The van der Waals surface area contributed by atoms with Gasteiger partial charge in [0.05, 0.1) is 11.2 Å². The van der Waals surface area contributed by atoms with Crippen LogP contribution in [0.2, 0.25) is 0 Å². The zero-order valence-electron chi connectivity index (χ0n) is 13.0. The van der Waals surface area contributed by atoms with Crippen LogP contribution in [0.3, 0.4) is 0 Å². The summed E-state index contributed by atoms with van der Waals surface area (Å²) in [7, 11) is -2.42. The Hall–Kier alpha value is -0.383. The van der Waals surface area contributed by atoms with Crippen molar-refractivity contribution in [3.05, 3.63) is 0 Å². The molecule has 0 unspecified atom stereocenters. The van der Waals surface area contributed by atoms with E-state index < -0.39 is 9.17 Å². The fourth-order valence-corrected chi connectivity index (χ4v) is 3.92. The molecule has 0 aromatic heterocycles. The quantitative estimate of drug-likeness (QED) is 0.555. The molecule has 0 saturated carbocycles. The lowest BCUT2D eigenvalue weighted by molar-refractivity contribution is -0.0352. The highest BCUT2D eigenvalue weighted by Gasteiger charge is 2.36. The molecule has 0 radical (unpaired) electrons. The van der Waals surface area contributed by atoms with Crippen LogP contribution in [0, 0.1) is 0 Å². The zero-order chi connectivity index (χ0) is 14.2. The Kier molecular flexibility index (Phi) is 7.75. The molecule has 0 aromatic rings. The minimum absolute atomic E-state index is 0.281. The first-order valence-electron chi connectivity index (χ1n) is 7.38. The van der Waals surface area contributed by atoms with E-state index in [1.54, 1.807) is 0 Å². The molecular formula is C14H30O3Si. The van der Waals surface area contributed by atoms with Gasteiger partial charge >= 0.3 is 9.17 Å². The Balaban J connectivity index is 4.67. The highest BCUT2D eigenvalue weighted by atomic mass is 28.3. The molecule has 0 aliphatic heterocycles. The Morgan fingerprint density at radius 1 is 0.667 bits per heavy atom. The van der Waals surface area contributed by atoms with Gasteiger partial charge in [0.1, 0.15) is 0 Å². The van der Waals surface area contributed by atoms with Crippen molar-refractivity contribution in [2.75, 3.05) is 0 Å². The SMILES string of the molecule is CCC(CC)(CC)O[Si](=O)OC(CC)(CC)CC. The summed E-state index contributed by atoms with van der Waals surface area (Å²) in [6.07, 6.45) is 5.23. The van der Waals surface area contributed by atoms with Crippen molar-refractivity contribution in [2.45, 2.75) is 91.3 Å². The molecule has 18 heavy (non-hydrogen) atoms. The number of hydrogen-bond donors (Lipinski definition) is 0. The molecule has 0 heterocycles. The van der Waals surface area contributed by atoms with Gasteiger partial charge in [-0.2, -0.15) is 0 Å². The molecule has 0 bridgehead atoms. The fraction of sp³-hybridized carbons (Fsp3) is 1.00. The van der Waals surface area contributed by atoms with Crippen LogP contribution < -0.4 is 0 Å². The molecule has 4 heteroatoms. The lowest BCUT2D eigenvalue weighted by atomic mass is 9.95. The molecule has 108 valence electrons. The first-order valence-corrected chi connectivity index (χ1v) is 8.61. The van der Waals surface area contributed by atoms with Gasteiger partial charge in [0, 0.05) is 0 Å². The van der Waals surface area contributed by atoms with Gasteiger partial charge in [0.25, 0.3) is 0 Å². The van der Waals surface area contributed by atoms with E-state index in [1.807, 2.05) is 0 Å². The highest BCUT2D eigenvalue weighted by Crippen LogP contribution is 2.28. The van der Waals surface area contributed by atoms with E-state index in [4.69, 9.17) is 8.85 Å². The molecule has 0 N–H and O–H groups in total. The predicted molar refractivity (Wildman–Crippen MR) is 75.8 cm³/mol. The van der Waals surface area contributed by atoms with E-state index in [0.29, 0.717) is 0 Å². The third-order valence-corrected chi connectivity index (χ3v) is 5.67. The second-order valence-electron chi connectivity index (χ2n) is 4.94. The number of rotatable bonds is 10. The fourth-order valence-electron chi connectivity index (χ4n) is 2.31. The minimum Gasteiger partial charge on any atom is -0.491 e. The van der Waals surface area contributed by atoms with Crippen LogP contribution >= 0.6 is 0 Å². The molecule has 0 aromatic carbocycles. The van der Waals surface area contributed by atoms with Crippen molar-refractivity contribution in [3.63, 3.8) is 0 Å². The van der Waals surface area contributed by atoms with Crippen LogP contribution in [0.4, 0.5) is 0 Å². The lowest BCUT2D eigenvalue weighted by Crippen LogP contribution is -2.41. The largest absolute Gasteiger partial charge is 0.768 e. The second kappa shape index (κ2) is 7.92. The minimum atomic E-state index is -2.42. The van der Waals surface area contributed by atoms with Crippen LogP contribution in [-0.4, -0.2) is 20.4 Å². The number of hydrogen-bond acceptors (Lipinski definition) is 3. The molecule has 0 atom stereocenters. The molecule has 0 saturated heterocycles. The summed E-state index contributed by atoms with van der Waals surface area (Å²) < 4.78 is 23.7. The summed E-state index contributed by atoms with van der Waals surface area (Å²) in [5.74, 6) is 0. The van der Waals surface area contributed by atoms with Gasteiger partial charge in [-0.1, -0.05) is 41.5 Å².